The van der Waals surface area contributed by atoms with E-state index in [1.54, 1.807) is 48.5 Å². The summed E-state index contributed by atoms with van der Waals surface area (Å²) in [7, 11) is -6.69. The van der Waals surface area contributed by atoms with Gasteiger partial charge in [0.25, 0.3) is 20.0 Å². The molecule has 0 radical (unpaired) electrons. The van der Waals surface area contributed by atoms with Crippen molar-refractivity contribution in [2.45, 2.75) is 16.7 Å². The molecule has 4 aromatic rings. The van der Waals surface area contributed by atoms with Gasteiger partial charge in [0.15, 0.2) is 0 Å². The van der Waals surface area contributed by atoms with E-state index in [1.807, 2.05) is 6.92 Å². The Morgan fingerprint density at radius 1 is 0.825 bits per heavy atom. The molecule has 0 atom stereocenters. The topological polar surface area (TPSA) is 122 Å². The van der Waals surface area contributed by atoms with Gasteiger partial charge in [0, 0.05) is 16.4 Å². The summed E-state index contributed by atoms with van der Waals surface area (Å²) in [5, 5.41) is 2.87. The van der Waals surface area contributed by atoms with Crippen LogP contribution in [0.2, 0.25) is 5.02 Å². The Morgan fingerprint density at radius 2 is 1.45 bits per heavy atom. The van der Waals surface area contributed by atoms with E-state index in [1.165, 1.54) is 55.6 Å². The Labute approximate surface area is 238 Å². The number of sulfonamides is 2. The van der Waals surface area contributed by atoms with Crippen LogP contribution in [0.4, 0.5) is 17.1 Å². The number of benzene rings is 4. The SMILES string of the molecule is COc1ccc(Cl)cc1N(CC(=O)Nc1ccc(S(=O)(=O)Nc2ccccc2)cc1)S(=O)(=O)c1ccc(C)cc1. The fourth-order valence-electron chi connectivity index (χ4n) is 3.76. The molecule has 0 aliphatic heterocycles. The van der Waals surface area contributed by atoms with Gasteiger partial charge in [-0.25, -0.2) is 16.8 Å². The first-order valence-electron chi connectivity index (χ1n) is 11.9. The van der Waals surface area contributed by atoms with Crippen LogP contribution in [0.25, 0.3) is 0 Å². The summed E-state index contributed by atoms with van der Waals surface area (Å²) in [4.78, 5) is 13.1. The lowest BCUT2D eigenvalue weighted by atomic mass is 10.2. The summed E-state index contributed by atoms with van der Waals surface area (Å²) in [5.74, 6) is -0.468. The lowest BCUT2D eigenvalue weighted by molar-refractivity contribution is -0.114. The van der Waals surface area contributed by atoms with Crippen LogP contribution < -0.4 is 19.1 Å². The van der Waals surface area contributed by atoms with Gasteiger partial charge in [0.1, 0.15) is 12.3 Å². The molecule has 208 valence electrons. The van der Waals surface area contributed by atoms with Gasteiger partial charge in [-0.05, 0) is 73.7 Å². The molecule has 0 aliphatic carbocycles. The number of carbonyl (C=O) groups is 1. The van der Waals surface area contributed by atoms with Gasteiger partial charge >= 0.3 is 0 Å². The van der Waals surface area contributed by atoms with Crippen LogP contribution in [-0.4, -0.2) is 36.4 Å². The zero-order valence-corrected chi connectivity index (χ0v) is 23.9. The number of amides is 1. The summed E-state index contributed by atoms with van der Waals surface area (Å²) in [6.07, 6.45) is 0. The second-order valence-electron chi connectivity index (χ2n) is 8.68. The highest BCUT2D eigenvalue weighted by molar-refractivity contribution is 7.93. The third kappa shape index (κ3) is 6.74. The predicted octanol–water partition coefficient (Wildman–Crippen LogP) is 5.29. The minimum absolute atomic E-state index is 0.0124. The zero-order valence-electron chi connectivity index (χ0n) is 21.5. The number of aryl methyl sites for hydroxylation is 1. The van der Waals surface area contributed by atoms with Crippen molar-refractivity contribution in [2.24, 2.45) is 0 Å². The first kappa shape index (κ1) is 28.9. The summed E-state index contributed by atoms with van der Waals surface area (Å²) in [5.41, 5.74) is 1.63. The fraction of sp³-hybridized carbons (Fsp3) is 0.107. The maximum atomic E-state index is 13.7. The van der Waals surface area contributed by atoms with Crippen molar-refractivity contribution in [1.82, 2.24) is 0 Å². The van der Waals surface area contributed by atoms with Gasteiger partial charge in [-0.15, -0.1) is 0 Å². The molecule has 4 rings (SSSR count). The number of rotatable bonds is 10. The van der Waals surface area contributed by atoms with Gasteiger partial charge in [-0.1, -0.05) is 47.5 Å². The van der Waals surface area contributed by atoms with Crippen LogP contribution >= 0.6 is 11.6 Å². The van der Waals surface area contributed by atoms with Gasteiger partial charge in [0.2, 0.25) is 5.91 Å². The maximum absolute atomic E-state index is 13.7. The molecule has 40 heavy (non-hydrogen) atoms. The molecule has 1 amide bonds. The Balaban J connectivity index is 1.59. The smallest absolute Gasteiger partial charge is 0.264 e. The van der Waals surface area contributed by atoms with Gasteiger partial charge in [0.05, 0.1) is 22.6 Å². The molecular formula is C28H26ClN3O6S2. The molecule has 0 aliphatic rings. The molecule has 12 heteroatoms. The van der Waals surface area contributed by atoms with Crippen molar-refractivity contribution < 1.29 is 26.4 Å². The maximum Gasteiger partial charge on any atom is 0.264 e. The molecule has 0 saturated heterocycles. The summed E-state index contributed by atoms with van der Waals surface area (Å²) < 4.78 is 61.5. The largest absolute Gasteiger partial charge is 0.495 e. The molecule has 9 nitrogen and oxygen atoms in total. The van der Waals surface area contributed by atoms with Crippen LogP contribution in [-0.2, 0) is 24.8 Å². The van der Waals surface area contributed by atoms with Crippen molar-refractivity contribution in [3.05, 3.63) is 108 Å². The fourth-order valence-corrected chi connectivity index (χ4v) is 6.41. The molecule has 0 aromatic heterocycles. The Hall–Kier alpha value is -4.06. The lowest BCUT2D eigenvalue weighted by Gasteiger charge is -2.26. The van der Waals surface area contributed by atoms with E-state index in [2.05, 4.69) is 10.0 Å². The average Bonchev–Trinajstić information content (AvgIpc) is 2.92. The van der Waals surface area contributed by atoms with Gasteiger partial charge in [-0.2, -0.15) is 0 Å². The average molecular weight is 600 g/mol. The normalized spacial score (nSPS) is 11.5. The van der Waals surface area contributed by atoms with E-state index in [-0.39, 0.29) is 31.9 Å². The summed E-state index contributed by atoms with van der Waals surface area (Å²) in [6.45, 7) is 1.22. The zero-order chi connectivity index (χ0) is 28.9. The van der Waals surface area contributed by atoms with E-state index in [0.717, 1.165) is 9.87 Å². The van der Waals surface area contributed by atoms with Crippen molar-refractivity contribution in [2.75, 3.05) is 28.0 Å². The third-order valence-corrected chi connectivity index (χ3v) is 9.19. The number of methoxy groups -OCH3 is 1. The van der Waals surface area contributed by atoms with Crippen LogP contribution in [0.5, 0.6) is 5.75 Å². The Bertz CT molecular complexity index is 1710. The van der Waals surface area contributed by atoms with E-state index in [4.69, 9.17) is 16.3 Å². The molecule has 0 spiro atoms. The van der Waals surface area contributed by atoms with Crippen LogP contribution in [0.3, 0.4) is 0 Å². The number of anilines is 3. The number of nitrogens with one attached hydrogen (secondary N) is 2. The minimum atomic E-state index is -4.22. The first-order valence-corrected chi connectivity index (χ1v) is 15.2. The van der Waals surface area contributed by atoms with E-state index >= 15 is 0 Å². The van der Waals surface area contributed by atoms with Crippen molar-refractivity contribution >= 4 is 54.6 Å². The molecule has 0 fully saturated rings. The molecule has 0 unspecified atom stereocenters. The van der Waals surface area contributed by atoms with Crippen LogP contribution in [0.1, 0.15) is 5.56 Å². The van der Waals surface area contributed by atoms with E-state index in [0.29, 0.717) is 5.69 Å². The molecule has 0 bridgehead atoms. The highest BCUT2D eigenvalue weighted by Crippen LogP contribution is 2.35. The van der Waals surface area contributed by atoms with Gasteiger partial charge in [-0.3, -0.25) is 13.8 Å². The summed E-state index contributed by atoms with van der Waals surface area (Å²) >= 11 is 6.17. The van der Waals surface area contributed by atoms with Crippen LogP contribution in [0, 0.1) is 6.92 Å². The van der Waals surface area contributed by atoms with Crippen molar-refractivity contribution in [3.8, 4) is 5.75 Å². The molecule has 4 aromatic carbocycles. The monoisotopic (exact) mass is 599 g/mol. The van der Waals surface area contributed by atoms with Crippen molar-refractivity contribution in [3.63, 3.8) is 0 Å². The van der Waals surface area contributed by atoms with Crippen LogP contribution in [0.15, 0.2) is 107 Å². The van der Waals surface area contributed by atoms with Crippen molar-refractivity contribution in [1.29, 1.82) is 0 Å². The number of carbonyl (C=O) groups excluding carboxylic acids is 1. The molecule has 2 N–H and O–H groups in total. The second-order valence-corrected chi connectivity index (χ2v) is 12.7. The Morgan fingerprint density at radius 3 is 2.08 bits per heavy atom. The van der Waals surface area contributed by atoms with E-state index in [9.17, 15) is 21.6 Å². The first-order chi connectivity index (χ1) is 19.0. The molecular weight excluding hydrogens is 574 g/mol. The number of hydrogen-bond acceptors (Lipinski definition) is 6. The molecule has 0 saturated carbocycles. The number of para-hydroxylation sites is 1. The standard InChI is InChI=1S/C28H26ClN3O6S2/c1-20-8-13-25(14-9-20)40(36,37)32(26-18-21(29)10-17-27(26)38-2)19-28(33)30-22-11-15-24(16-12-22)39(34,35)31-23-6-4-3-5-7-23/h3-18,31H,19H2,1-2H3,(H,30,33). The van der Waals surface area contributed by atoms with E-state index < -0.39 is 32.5 Å². The lowest BCUT2D eigenvalue weighted by Crippen LogP contribution is -2.38. The third-order valence-electron chi connectivity index (χ3n) is 5.78. The second kappa shape index (κ2) is 12.0. The predicted molar refractivity (Wildman–Crippen MR) is 156 cm³/mol. The van der Waals surface area contributed by atoms with Gasteiger partial charge < -0.3 is 10.1 Å². The molecule has 0 heterocycles. The quantitative estimate of drug-likeness (QED) is 0.255. The number of nitrogens with zero attached hydrogens (tertiary/aromatic N) is 1. The Kier molecular flexibility index (Phi) is 8.67. The number of halogens is 1. The number of hydrogen-bond donors (Lipinski definition) is 2. The summed E-state index contributed by atoms with van der Waals surface area (Å²) in [6, 6.07) is 24.6. The highest BCUT2D eigenvalue weighted by atomic mass is 35.5. The minimum Gasteiger partial charge on any atom is -0.495 e. The number of ether oxygens (including phenoxy) is 1. The highest BCUT2D eigenvalue weighted by Gasteiger charge is 2.30.